The molecular formula is C24H25F2N5O2S. The third-order valence-corrected chi connectivity index (χ3v) is 6.63. The molecule has 4 aromatic rings. The summed E-state index contributed by atoms with van der Waals surface area (Å²) in [6.07, 6.45) is 6.84. The van der Waals surface area contributed by atoms with E-state index in [0.29, 0.717) is 16.0 Å². The number of pyridine rings is 1. The highest BCUT2D eigenvalue weighted by atomic mass is 32.1. The van der Waals surface area contributed by atoms with Crippen molar-refractivity contribution in [3.63, 3.8) is 0 Å². The molecule has 7 nitrogen and oxygen atoms in total. The monoisotopic (exact) mass is 485 g/mol. The Morgan fingerprint density at radius 2 is 1.97 bits per heavy atom. The van der Waals surface area contributed by atoms with Crippen molar-refractivity contribution in [3.05, 3.63) is 70.4 Å². The zero-order chi connectivity index (χ0) is 24.2. The molecule has 1 saturated heterocycles. The van der Waals surface area contributed by atoms with Gasteiger partial charge in [-0.2, -0.15) is 4.98 Å². The molecule has 0 aliphatic carbocycles. The van der Waals surface area contributed by atoms with Crippen LogP contribution in [0, 0.1) is 11.6 Å². The number of aromatic nitrogens is 4. The SMILES string of the molecule is CN(C)c1nc2ncnc(-c3ccc(F)cc3F)c2s1.Cn1cc(C2CCCCO2)ccc1=O. The van der Waals surface area contributed by atoms with Gasteiger partial charge in [-0.05, 0) is 43.0 Å². The molecule has 1 unspecified atom stereocenters. The van der Waals surface area contributed by atoms with Gasteiger partial charge in [0.2, 0.25) is 5.56 Å². The Bertz CT molecular complexity index is 1350. The molecule has 3 aromatic heterocycles. The molecule has 1 aliphatic rings. The zero-order valence-electron chi connectivity index (χ0n) is 19.2. The number of fused-ring (bicyclic) bond motifs is 1. The summed E-state index contributed by atoms with van der Waals surface area (Å²) in [5.74, 6) is -1.26. The molecule has 10 heteroatoms. The quantitative estimate of drug-likeness (QED) is 0.418. The third kappa shape index (κ3) is 5.28. The number of halogens is 2. The highest BCUT2D eigenvalue weighted by molar-refractivity contribution is 7.22. The van der Waals surface area contributed by atoms with Crippen molar-refractivity contribution in [2.24, 2.45) is 7.05 Å². The van der Waals surface area contributed by atoms with Crippen LogP contribution in [0.25, 0.3) is 21.6 Å². The molecule has 0 bridgehead atoms. The summed E-state index contributed by atoms with van der Waals surface area (Å²) in [6.45, 7) is 0.841. The lowest BCUT2D eigenvalue weighted by atomic mass is 10.0. The van der Waals surface area contributed by atoms with E-state index in [1.807, 2.05) is 31.3 Å². The first-order chi connectivity index (χ1) is 16.3. The first kappa shape index (κ1) is 23.9. The molecule has 5 rings (SSSR count). The smallest absolute Gasteiger partial charge is 0.250 e. The lowest BCUT2D eigenvalue weighted by Gasteiger charge is -2.22. The summed E-state index contributed by atoms with van der Waals surface area (Å²) in [4.78, 5) is 25.6. The second-order valence-corrected chi connectivity index (χ2v) is 9.13. The van der Waals surface area contributed by atoms with Crippen molar-refractivity contribution in [2.45, 2.75) is 25.4 Å². The number of anilines is 1. The number of hydrogen-bond acceptors (Lipinski definition) is 7. The van der Waals surface area contributed by atoms with Crippen LogP contribution in [0.3, 0.4) is 0 Å². The fraction of sp³-hybridized carbons (Fsp3) is 0.333. The van der Waals surface area contributed by atoms with Gasteiger partial charge in [-0.15, -0.1) is 0 Å². The van der Waals surface area contributed by atoms with Crippen molar-refractivity contribution >= 4 is 26.8 Å². The molecular weight excluding hydrogens is 460 g/mol. The Hall–Kier alpha value is -3.24. The highest BCUT2D eigenvalue weighted by Gasteiger charge is 2.17. The van der Waals surface area contributed by atoms with Gasteiger partial charge in [-0.25, -0.2) is 18.7 Å². The van der Waals surface area contributed by atoms with Gasteiger partial charge >= 0.3 is 0 Å². The lowest BCUT2D eigenvalue weighted by Crippen LogP contribution is -2.18. The minimum Gasteiger partial charge on any atom is -0.373 e. The van der Waals surface area contributed by atoms with Gasteiger partial charge in [0, 0.05) is 51.6 Å². The molecule has 1 aliphatic heterocycles. The van der Waals surface area contributed by atoms with Crippen LogP contribution in [0.2, 0.25) is 0 Å². The highest BCUT2D eigenvalue weighted by Crippen LogP contribution is 2.34. The van der Waals surface area contributed by atoms with Crippen LogP contribution in [-0.2, 0) is 11.8 Å². The second kappa shape index (κ2) is 10.4. The van der Waals surface area contributed by atoms with Crippen LogP contribution >= 0.6 is 11.3 Å². The van der Waals surface area contributed by atoms with E-state index in [2.05, 4.69) is 15.0 Å². The molecule has 1 fully saturated rings. The van der Waals surface area contributed by atoms with E-state index >= 15 is 0 Å². The second-order valence-electron chi connectivity index (χ2n) is 8.16. The Kier molecular flexibility index (Phi) is 7.28. The minimum atomic E-state index is -0.648. The topological polar surface area (TPSA) is 73.1 Å². The van der Waals surface area contributed by atoms with E-state index < -0.39 is 11.6 Å². The van der Waals surface area contributed by atoms with E-state index in [4.69, 9.17) is 4.74 Å². The summed E-state index contributed by atoms with van der Waals surface area (Å²) in [5.41, 5.74) is 2.33. The summed E-state index contributed by atoms with van der Waals surface area (Å²) in [6, 6.07) is 6.91. The van der Waals surface area contributed by atoms with E-state index in [1.165, 1.54) is 36.2 Å². The van der Waals surface area contributed by atoms with E-state index in [0.717, 1.165) is 36.2 Å². The molecule has 0 saturated carbocycles. The van der Waals surface area contributed by atoms with Crippen LogP contribution in [-0.4, -0.2) is 40.2 Å². The minimum absolute atomic E-state index is 0.0320. The van der Waals surface area contributed by atoms with Gasteiger partial charge in [-0.1, -0.05) is 11.3 Å². The van der Waals surface area contributed by atoms with Gasteiger partial charge in [-0.3, -0.25) is 4.79 Å². The van der Waals surface area contributed by atoms with Gasteiger partial charge in [0.25, 0.3) is 0 Å². The fourth-order valence-corrected chi connectivity index (χ4v) is 4.56. The number of rotatable bonds is 3. The van der Waals surface area contributed by atoms with Crippen LogP contribution in [0.15, 0.2) is 47.7 Å². The Morgan fingerprint density at radius 1 is 1.15 bits per heavy atom. The van der Waals surface area contributed by atoms with E-state index in [-0.39, 0.29) is 17.2 Å². The van der Waals surface area contributed by atoms with Gasteiger partial charge in [0.15, 0.2) is 10.8 Å². The summed E-state index contributed by atoms with van der Waals surface area (Å²) in [5, 5.41) is 0.754. The standard InChI is InChI=1S/C13H10F2N4S.C11H15NO2/c1-19(2)13-18-12-11(20-13)10(16-6-17-12)8-4-3-7(14)5-9(8)15;1-12-8-9(5-6-11(12)13)10-4-2-3-7-14-10/h3-6H,1-2H3;5-6,8,10H,2-4,7H2,1H3. The molecule has 0 amide bonds. The number of ether oxygens (including phenoxy) is 1. The van der Waals surface area contributed by atoms with Crippen molar-refractivity contribution in [2.75, 3.05) is 25.6 Å². The average Bonchev–Trinajstić information content (AvgIpc) is 3.27. The van der Waals surface area contributed by atoms with Crippen LogP contribution in [0.5, 0.6) is 0 Å². The van der Waals surface area contributed by atoms with Crippen molar-refractivity contribution in [1.82, 2.24) is 19.5 Å². The molecule has 0 radical (unpaired) electrons. The normalized spacial score (nSPS) is 15.6. The van der Waals surface area contributed by atoms with Crippen LogP contribution < -0.4 is 10.5 Å². The fourth-order valence-electron chi connectivity index (χ4n) is 3.62. The predicted octanol–water partition coefficient (Wildman–Crippen LogP) is 4.72. The zero-order valence-corrected chi connectivity index (χ0v) is 20.0. The Labute approximate surface area is 199 Å². The third-order valence-electron chi connectivity index (χ3n) is 5.41. The van der Waals surface area contributed by atoms with Crippen LogP contribution in [0.4, 0.5) is 13.9 Å². The molecule has 34 heavy (non-hydrogen) atoms. The average molecular weight is 486 g/mol. The van der Waals surface area contributed by atoms with Crippen LogP contribution in [0.1, 0.15) is 30.9 Å². The maximum Gasteiger partial charge on any atom is 0.250 e. The maximum absolute atomic E-state index is 13.9. The van der Waals surface area contributed by atoms with Crippen molar-refractivity contribution < 1.29 is 13.5 Å². The maximum atomic E-state index is 13.9. The number of aryl methyl sites for hydroxylation is 1. The van der Waals surface area contributed by atoms with Gasteiger partial charge < -0.3 is 14.2 Å². The van der Waals surface area contributed by atoms with Gasteiger partial charge in [0.05, 0.1) is 11.8 Å². The first-order valence-electron chi connectivity index (χ1n) is 10.9. The Balaban J connectivity index is 0.000000172. The molecule has 178 valence electrons. The number of thiazole rings is 1. The largest absolute Gasteiger partial charge is 0.373 e. The lowest BCUT2D eigenvalue weighted by molar-refractivity contribution is 0.0146. The molecule has 0 N–H and O–H groups in total. The summed E-state index contributed by atoms with van der Waals surface area (Å²) < 4.78 is 34.8. The number of nitrogens with zero attached hydrogens (tertiary/aromatic N) is 5. The number of benzene rings is 1. The summed E-state index contributed by atoms with van der Waals surface area (Å²) in [7, 11) is 5.50. The summed E-state index contributed by atoms with van der Waals surface area (Å²) >= 11 is 1.37. The first-order valence-corrected chi connectivity index (χ1v) is 11.7. The number of hydrogen-bond donors (Lipinski definition) is 0. The van der Waals surface area contributed by atoms with Crippen molar-refractivity contribution in [1.29, 1.82) is 0 Å². The van der Waals surface area contributed by atoms with E-state index in [9.17, 15) is 13.6 Å². The van der Waals surface area contributed by atoms with Gasteiger partial charge in [0.1, 0.15) is 22.7 Å². The molecule has 0 spiro atoms. The van der Waals surface area contributed by atoms with Crippen molar-refractivity contribution in [3.8, 4) is 11.3 Å². The predicted molar refractivity (Wildman–Crippen MR) is 129 cm³/mol. The Morgan fingerprint density at radius 3 is 2.65 bits per heavy atom. The molecule has 4 heterocycles. The van der Waals surface area contributed by atoms with E-state index in [1.54, 1.807) is 17.7 Å². The molecule has 1 atom stereocenters. The molecule has 1 aromatic carbocycles.